The van der Waals surface area contributed by atoms with Crippen molar-refractivity contribution in [2.45, 2.75) is 40.0 Å². The molecule has 3 aromatic carbocycles. The summed E-state index contributed by atoms with van der Waals surface area (Å²) in [5.41, 5.74) is 5.47. The first-order valence-corrected chi connectivity index (χ1v) is 12.6. The standard InChI is InChI=1S/C29H27Cl2N3O3/c1-16(2)22-7-5-6-18(4)26(22)33-24(35)14-19-9-11-20(12-10-19)32-27-25(31)28(36)34(29(27)37)21-13-8-17(3)23(30)15-21/h5-13,15-16,32H,14H2,1-4H3,(H,33,35). The van der Waals surface area contributed by atoms with E-state index in [1.165, 1.54) is 0 Å². The van der Waals surface area contributed by atoms with Gasteiger partial charge in [0.25, 0.3) is 11.8 Å². The van der Waals surface area contributed by atoms with Crippen LogP contribution in [-0.2, 0) is 20.8 Å². The zero-order chi connectivity index (χ0) is 26.9. The van der Waals surface area contributed by atoms with Gasteiger partial charge in [-0.05, 0) is 66.3 Å². The number of amides is 3. The highest BCUT2D eigenvalue weighted by Crippen LogP contribution is 2.32. The second-order valence-corrected chi connectivity index (χ2v) is 10.1. The third-order valence-electron chi connectivity index (χ3n) is 6.22. The first-order chi connectivity index (χ1) is 17.6. The molecular formula is C29H27Cl2N3O3. The van der Waals surface area contributed by atoms with Gasteiger partial charge >= 0.3 is 0 Å². The lowest BCUT2D eigenvalue weighted by molar-refractivity contribution is -0.120. The van der Waals surface area contributed by atoms with E-state index in [4.69, 9.17) is 23.2 Å². The van der Waals surface area contributed by atoms with Crippen LogP contribution in [0.4, 0.5) is 17.1 Å². The normalized spacial score (nSPS) is 13.5. The van der Waals surface area contributed by atoms with Gasteiger partial charge in [0.15, 0.2) is 0 Å². The van der Waals surface area contributed by atoms with Gasteiger partial charge in [0, 0.05) is 16.4 Å². The van der Waals surface area contributed by atoms with E-state index in [-0.39, 0.29) is 29.0 Å². The van der Waals surface area contributed by atoms with Crippen LogP contribution >= 0.6 is 23.2 Å². The Morgan fingerprint density at radius 3 is 2.27 bits per heavy atom. The maximum atomic E-state index is 13.0. The lowest BCUT2D eigenvalue weighted by atomic mass is 9.98. The number of anilines is 3. The Morgan fingerprint density at radius 1 is 0.919 bits per heavy atom. The molecule has 6 nitrogen and oxygen atoms in total. The second kappa shape index (κ2) is 10.8. The molecule has 2 N–H and O–H groups in total. The van der Waals surface area contributed by atoms with Crippen molar-refractivity contribution >= 4 is 58.0 Å². The molecule has 3 aromatic rings. The molecule has 1 aliphatic rings. The van der Waals surface area contributed by atoms with Crippen molar-refractivity contribution in [1.82, 2.24) is 0 Å². The van der Waals surface area contributed by atoms with Crippen molar-refractivity contribution in [3.8, 4) is 0 Å². The molecule has 37 heavy (non-hydrogen) atoms. The monoisotopic (exact) mass is 535 g/mol. The molecule has 0 saturated heterocycles. The van der Waals surface area contributed by atoms with Crippen LogP contribution in [0, 0.1) is 13.8 Å². The summed E-state index contributed by atoms with van der Waals surface area (Å²) in [6.07, 6.45) is 0.189. The largest absolute Gasteiger partial charge is 0.350 e. The molecule has 8 heteroatoms. The number of para-hydroxylation sites is 1. The molecular weight excluding hydrogens is 509 g/mol. The van der Waals surface area contributed by atoms with Crippen molar-refractivity contribution in [1.29, 1.82) is 0 Å². The van der Waals surface area contributed by atoms with Crippen LogP contribution in [0.25, 0.3) is 0 Å². The van der Waals surface area contributed by atoms with Gasteiger partial charge in [0.1, 0.15) is 10.7 Å². The molecule has 0 atom stereocenters. The summed E-state index contributed by atoms with van der Waals surface area (Å²) >= 11 is 12.4. The minimum Gasteiger partial charge on any atom is -0.350 e. The number of carbonyl (C=O) groups is 3. The maximum Gasteiger partial charge on any atom is 0.283 e. The number of nitrogens with one attached hydrogen (secondary N) is 2. The number of nitrogens with zero attached hydrogens (tertiary/aromatic N) is 1. The number of carbonyl (C=O) groups excluding carboxylic acids is 3. The van der Waals surface area contributed by atoms with Gasteiger partial charge in [-0.2, -0.15) is 0 Å². The molecule has 0 aliphatic carbocycles. The predicted octanol–water partition coefficient (Wildman–Crippen LogP) is 6.70. The van der Waals surface area contributed by atoms with E-state index in [2.05, 4.69) is 24.5 Å². The summed E-state index contributed by atoms with van der Waals surface area (Å²) in [6, 6.07) is 18.0. The van der Waals surface area contributed by atoms with Gasteiger partial charge in [0.05, 0.1) is 12.1 Å². The van der Waals surface area contributed by atoms with E-state index < -0.39 is 11.8 Å². The smallest absolute Gasteiger partial charge is 0.283 e. The maximum absolute atomic E-state index is 13.0. The number of imide groups is 1. The Kier molecular flexibility index (Phi) is 7.71. The van der Waals surface area contributed by atoms with Crippen LogP contribution in [0.1, 0.15) is 42.0 Å². The number of halogens is 2. The Labute approximate surface area is 226 Å². The van der Waals surface area contributed by atoms with E-state index in [1.807, 2.05) is 32.0 Å². The van der Waals surface area contributed by atoms with Gasteiger partial charge in [-0.1, -0.05) is 73.4 Å². The highest BCUT2D eigenvalue weighted by Gasteiger charge is 2.39. The minimum absolute atomic E-state index is 0.0189. The molecule has 4 rings (SSSR count). The van der Waals surface area contributed by atoms with Crippen molar-refractivity contribution in [2.24, 2.45) is 0 Å². The van der Waals surface area contributed by atoms with Crippen molar-refractivity contribution in [3.63, 3.8) is 0 Å². The van der Waals surface area contributed by atoms with Crippen LogP contribution in [0.5, 0.6) is 0 Å². The van der Waals surface area contributed by atoms with E-state index in [0.29, 0.717) is 16.4 Å². The Balaban J connectivity index is 1.44. The molecule has 3 amide bonds. The molecule has 1 aliphatic heterocycles. The topological polar surface area (TPSA) is 78.5 Å². The molecule has 0 unspecified atom stereocenters. The zero-order valence-corrected chi connectivity index (χ0v) is 22.5. The lowest BCUT2D eigenvalue weighted by Gasteiger charge is -2.17. The summed E-state index contributed by atoms with van der Waals surface area (Å²) in [6.45, 7) is 7.99. The minimum atomic E-state index is -0.626. The van der Waals surface area contributed by atoms with E-state index in [0.717, 1.165) is 32.8 Å². The van der Waals surface area contributed by atoms with Gasteiger partial charge < -0.3 is 10.6 Å². The highest BCUT2D eigenvalue weighted by atomic mass is 35.5. The van der Waals surface area contributed by atoms with E-state index in [9.17, 15) is 14.4 Å². The molecule has 0 aromatic heterocycles. The Hall–Kier alpha value is -3.61. The summed E-state index contributed by atoms with van der Waals surface area (Å²) < 4.78 is 0. The van der Waals surface area contributed by atoms with Crippen LogP contribution in [0.2, 0.25) is 5.02 Å². The second-order valence-electron chi connectivity index (χ2n) is 9.31. The van der Waals surface area contributed by atoms with Gasteiger partial charge in [0.2, 0.25) is 5.91 Å². The highest BCUT2D eigenvalue weighted by molar-refractivity contribution is 6.53. The quantitative estimate of drug-likeness (QED) is 0.330. The van der Waals surface area contributed by atoms with Crippen LogP contribution in [-0.4, -0.2) is 17.7 Å². The molecule has 0 saturated carbocycles. The number of benzene rings is 3. The van der Waals surface area contributed by atoms with E-state index >= 15 is 0 Å². The number of hydrogen-bond acceptors (Lipinski definition) is 4. The molecule has 1 heterocycles. The fourth-order valence-corrected chi connectivity index (χ4v) is 4.52. The van der Waals surface area contributed by atoms with Crippen molar-refractivity contribution in [2.75, 3.05) is 15.5 Å². The van der Waals surface area contributed by atoms with Gasteiger partial charge in [-0.25, -0.2) is 4.90 Å². The number of aryl methyl sites for hydroxylation is 2. The molecule has 0 spiro atoms. The average molecular weight is 536 g/mol. The summed E-state index contributed by atoms with van der Waals surface area (Å²) in [5, 5.41) is 6.23. The molecule has 0 radical (unpaired) electrons. The fourth-order valence-electron chi connectivity index (χ4n) is 4.13. The molecule has 0 bridgehead atoms. The summed E-state index contributed by atoms with van der Waals surface area (Å²) in [5.74, 6) is -1.03. The third-order valence-corrected chi connectivity index (χ3v) is 6.98. The first-order valence-electron chi connectivity index (χ1n) is 11.9. The fraction of sp³-hybridized carbons (Fsp3) is 0.207. The number of rotatable bonds is 7. The number of hydrogen-bond donors (Lipinski definition) is 2. The summed E-state index contributed by atoms with van der Waals surface area (Å²) in [7, 11) is 0. The average Bonchev–Trinajstić information content (AvgIpc) is 3.06. The van der Waals surface area contributed by atoms with Gasteiger partial charge in [-0.15, -0.1) is 0 Å². The Bertz CT molecular complexity index is 1430. The molecule has 0 fully saturated rings. The zero-order valence-electron chi connectivity index (χ0n) is 21.0. The lowest BCUT2D eigenvalue weighted by Crippen LogP contribution is -2.32. The first kappa shape index (κ1) is 26.5. The van der Waals surface area contributed by atoms with Crippen molar-refractivity contribution in [3.05, 3.63) is 98.7 Å². The Morgan fingerprint density at radius 2 is 1.62 bits per heavy atom. The molecule has 190 valence electrons. The van der Waals surface area contributed by atoms with Crippen molar-refractivity contribution < 1.29 is 14.4 Å². The van der Waals surface area contributed by atoms with Crippen LogP contribution in [0.3, 0.4) is 0 Å². The predicted molar refractivity (Wildman–Crippen MR) is 149 cm³/mol. The van der Waals surface area contributed by atoms with Gasteiger partial charge in [-0.3, -0.25) is 14.4 Å². The summed E-state index contributed by atoms with van der Waals surface area (Å²) in [4.78, 5) is 39.5. The van der Waals surface area contributed by atoms with Crippen LogP contribution < -0.4 is 15.5 Å². The third kappa shape index (κ3) is 5.55. The van der Waals surface area contributed by atoms with E-state index in [1.54, 1.807) is 42.5 Å². The van der Waals surface area contributed by atoms with Crippen LogP contribution in [0.15, 0.2) is 71.4 Å². The SMILES string of the molecule is Cc1ccc(N2C(=O)C(Cl)=C(Nc3ccc(CC(=O)Nc4c(C)cccc4C(C)C)cc3)C2=O)cc1Cl.